The van der Waals surface area contributed by atoms with Crippen LogP contribution in [0.5, 0.6) is 0 Å². The molecule has 0 spiro atoms. The van der Waals surface area contributed by atoms with E-state index in [-0.39, 0.29) is 0 Å². The largest absolute Gasteiger partial charge is 0.355 e. The summed E-state index contributed by atoms with van der Waals surface area (Å²) in [6, 6.07) is 2.50. The number of hydrogen-bond donors (Lipinski definition) is 1. The minimum atomic E-state index is 0.456. The third-order valence-corrected chi connectivity index (χ3v) is 3.83. The summed E-state index contributed by atoms with van der Waals surface area (Å²) < 4.78 is 6.37. The Morgan fingerprint density at radius 2 is 2.38 bits per heavy atom. The molecule has 0 bridgehead atoms. The van der Waals surface area contributed by atoms with Crippen molar-refractivity contribution >= 4 is 27.3 Å². The van der Waals surface area contributed by atoms with Gasteiger partial charge >= 0.3 is 0 Å². The molecule has 2 heterocycles. The van der Waals surface area contributed by atoms with Crippen LogP contribution in [0, 0.1) is 0 Å². The van der Waals surface area contributed by atoms with E-state index in [2.05, 4.69) is 40.3 Å². The van der Waals surface area contributed by atoms with Crippen molar-refractivity contribution in [2.75, 3.05) is 0 Å². The molecule has 0 aliphatic carbocycles. The Labute approximate surface area is 107 Å². The molecule has 0 aromatic carbocycles. The topological polar surface area (TPSA) is 38.1 Å². The van der Waals surface area contributed by atoms with Crippen LogP contribution in [0.2, 0.25) is 0 Å². The van der Waals surface area contributed by atoms with E-state index in [4.69, 9.17) is 4.52 Å². The van der Waals surface area contributed by atoms with Crippen LogP contribution in [-0.4, -0.2) is 11.2 Å². The second-order valence-electron chi connectivity index (χ2n) is 3.84. The van der Waals surface area contributed by atoms with Crippen molar-refractivity contribution in [3.8, 4) is 10.6 Å². The van der Waals surface area contributed by atoms with Gasteiger partial charge in [-0.05, 0) is 22.0 Å². The summed E-state index contributed by atoms with van der Waals surface area (Å²) in [5, 5.41) is 9.26. The summed E-state index contributed by atoms with van der Waals surface area (Å²) >= 11 is 5.08. The Balaban J connectivity index is 2.19. The minimum Gasteiger partial charge on any atom is -0.355 e. The van der Waals surface area contributed by atoms with Gasteiger partial charge < -0.3 is 9.84 Å². The Kier molecular flexibility index (Phi) is 3.78. The minimum absolute atomic E-state index is 0.456. The monoisotopic (exact) mass is 300 g/mol. The average molecular weight is 301 g/mol. The highest BCUT2D eigenvalue weighted by atomic mass is 79.9. The van der Waals surface area contributed by atoms with Gasteiger partial charge in [0, 0.05) is 28.0 Å². The van der Waals surface area contributed by atoms with Gasteiger partial charge in [0.1, 0.15) is 0 Å². The molecule has 0 saturated heterocycles. The number of thiophene rings is 1. The third kappa shape index (κ3) is 2.72. The van der Waals surface area contributed by atoms with Gasteiger partial charge in [-0.25, -0.2) is 0 Å². The molecule has 5 heteroatoms. The number of aromatic nitrogens is 1. The number of rotatable bonds is 4. The van der Waals surface area contributed by atoms with Gasteiger partial charge in [-0.15, -0.1) is 11.3 Å². The van der Waals surface area contributed by atoms with Crippen LogP contribution in [0.25, 0.3) is 10.6 Å². The molecule has 0 saturated carbocycles. The third-order valence-electron chi connectivity index (χ3n) is 2.14. The SMILES string of the molecule is CC(C)NCc1cnoc1-c1cc(Br)cs1. The van der Waals surface area contributed by atoms with Crippen LogP contribution < -0.4 is 5.32 Å². The lowest BCUT2D eigenvalue weighted by molar-refractivity contribution is 0.432. The highest BCUT2D eigenvalue weighted by Crippen LogP contribution is 2.32. The first-order valence-electron chi connectivity index (χ1n) is 5.08. The van der Waals surface area contributed by atoms with Crippen molar-refractivity contribution in [1.29, 1.82) is 0 Å². The van der Waals surface area contributed by atoms with Crippen LogP contribution in [0.15, 0.2) is 26.6 Å². The van der Waals surface area contributed by atoms with Crippen LogP contribution in [0.3, 0.4) is 0 Å². The summed E-state index contributed by atoms with van der Waals surface area (Å²) in [6.45, 7) is 5.02. The van der Waals surface area contributed by atoms with Crippen LogP contribution >= 0.6 is 27.3 Å². The lowest BCUT2D eigenvalue weighted by Gasteiger charge is -2.06. The average Bonchev–Trinajstić information content (AvgIpc) is 2.82. The molecule has 2 rings (SSSR count). The Bertz CT molecular complexity index is 464. The van der Waals surface area contributed by atoms with Crippen LogP contribution in [0.1, 0.15) is 19.4 Å². The Hall–Kier alpha value is -0.650. The van der Waals surface area contributed by atoms with Crippen molar-refractivity contribution in [3.05, 3.63) is 27.7 Å². The van der Waals surface area contributed by atoms with Crippen molar-refractivity contribution in [1.82, 2.24) is 10.5 Å². The second kappa shape index (κ2) is 5.12. The number of nitrogens with zero attached hydrogens (tertiary/aromatic N) is 1. The highest BCUT2D eigenvalue weighted by Gasteiger charge is 2.12. The molecule has 3 nitrogen and oxygen atoms in total. The van der Waals surface area contributed by atoms with Gasteiger partial charge in [0.05, 0.1) is 11.1 Å². The molecule has 0 aliphatic rings. The van der Waals surface area contributed by atoms with E-state index in [1.807, 2.05) is 11.4 Å². The normalized spacial score (nSPS) is 11.2. The van der Waals surface area contributed by atoms with Crippen molar-refractivity contribution in [2.24, 2.45) is 0 Å². The van der Waals surface area contributed by atoms with Gasteiger partial charge in [0.15, 0.2) is 5.76 Å². The maximum atomic E-state index is 5.30. The predicted octanol–water partition coefficient (Wildman–Crippen LogP) is 3.66. The van der Waals surface area contributed by atoms with E-state index in [0.717, 1.165) is 27.2 Å². The molecule has 0 amide bonds. The smallest absolute Gasteiger partial charge is 0.181 e. The molecule has 2 aromatic heterocycles. The first-order chi connectivity index (χ1) is 7.66. The molecule has 0 aliphatic heterocycles. The predicted molar refractivity (Wildman–Crippen MR) is 69.5 cm³/mol. The summed E-state index contributed by atoms with van der Waals surface area (Å²) in [7, 11) is 0. The van der Waals surface area contributed by atoms with Gasteiger partial charge in [0.25, 0.3) is 0 Å². The lowest BCUT2D eigenvalue weighted by atomic mass is 10.2. The fraction of sp³-hybridized carbons (Fsp3) is 0.364. The van der Waals surface area contributed by atoms with Gasteiger partial charge in [0.2, 0.25) is 0 Å². The zero-order valence-electron chi connectivity index (χ0n) is 9.16. The van der Waals surface area contributed by atoms with Crippen LogP contribution in [-0.2, 0) is 6.54 Å². The van der Waals surface area contributed by atoms with Crippen molar-refractivity contribution < 1.29 is 4.52 Å². The molecule has 0 radical (unpaired) electrons. The standard InChI is InChI=1S/C11H13BrN2OS/c1-7(2)13-4-8-5-14-15-11(8)10-3-9(12)6-16-10/h3,5-7,13H,4H2,1-2H3. The van der Waals surface area contributed by atoms with E-state index in [1.54, 1.807) is 17.5 Å². The second-order valence-corrected chi connectivity index (χ2v) is 5.67. The van der Waals surface area contributed by atoms with Crippen LogP contribution in [0.4, 0.5) is 0 Å². The summed E-state index contributed by atoms with van der Waals surface area (Å²) in [4.78, 5) is 1.10. The van der Waals surface area contributed by atoms with E-state index in [9.17, 15) is 0 Å². The molecule has 1 N–H and O–H groups in total. The molecule has 86 valence electrons. The highest BCUT2D eigenvalue weighted by molar-refractivity contribution is 9.10. The summed E-state index contributed by atoms with van der Waals surface area (Å²) in [6.07, 6.45) is 1.78. The van der Waals surface area contributed by atoms with Crippen molar-refractivity contribution in [2.45, 2.75) is 26.4 Å². The maximum Gasteiger partial charge on any atom is 0.181 e. The van der Waals surface area contributed by atoms with Gasteiger partial charge in [-0.2, -0.15) is 0 Å². The van der Waals surface area contributed by atoms with E-state index in [0.29, 0.717) is 6.04 Å². The first kappa shape index (κ1) is 11.8. The summed E-state index contributed by atoms with van der Waals surface area (Å²) in [5.41, 5.74) is 1.10. The van der Waals surface area contributed by atoms with Crippen molar-refractivity contribution in [3.63, 3.8) is 0 Å². The van der Waals surface area contributed by atoms with Gasteiger partial charge in [-0.3, -0.25) is 0 Å². The van der Waals surface area contributed by atoms with E-state index in [1.165, 1.54) is 0 Å². The fourth-order valence-electron chi connectivity index (χ4n) is 1.34. The zero-order valence-corrected chi connectivity index (χ0v) is 11.6. The molecule has 2 aromatic rings. The molecule has 16 heavy (non-hydrogen) atoms. The molecule has 0 atom stereocenters. The first-order valence-corrected chi connectivity index (χ1v) is 6.75. The summed E-state index contributed by atoms with van der Waals surface area (Å²) in [5.74, 6) is 0.865. The molecular formula is C11H13BrN2OS. The van der Waals surface area contributed by atoms with E-state index >= 15 is 0 Å². The maximum absolute atomic E-state index is 5.30. The molecular weight excluding hydrogens is 288 g/mol. The molecule has 0 unspecified atom stereocenters. The molecule has 0 fully saturated rings. The quantitative estimate of drug-likeness (QED) is 0.936. The number of halogens is 1. The zero-order chi connectivity index (χ0) is 11.5. The fourth-order valence-corrected chi connectivity index (χ4v) is 2.77. The number of hydrogen-bond acceptors (Lipinski definition) is 4. The Morgan fingerprint density at radius 1 is 1.56 bits per heavy atom. The number of nitrogens with one attached hydrogen (secondary N) is 1. The van der Waals surface area contributed by atoms with E-state index < -0.39 is 0 Å². The lowest BCUT2D eigenvalue weighted by Crippen LogP contribution is -2.21. The van der Waals surface area contributed by atoms with Gasteiger partial charge in [-0.1, -0.05) is 19.0 Å². The Morgan fingerprint density at radius 3 is 3.00 bits per heavy atom.